The molecule has 0 aliphatic rings. The minimum Gasteiger partial charge on any atom is -0.495 e. The molecule has 1 N–H and O–H groups in total. The first-order valence-electron chi connectivity index (χ1n) is 6.45. The molecule has 0 bridgehead atoms. The molecule has 0 radical (unpaired) electrons. The fourth-order valence-corrected chi connectivity index (χ4v) is 2.61. The summed E-state index contributed by atoms with van der Waals surface area (Å²) in [5.41, 5.74) is 3.21. The Kier molecular flexibility index (Phi) is 5.37. The molecule has 0 aromatic heterocycles. The summed E-state index contributed by atoms with van der Waals surface area (Å²) >= 11 is 9.70. The van der Waals surface area contributed by atoms with Crippen LogP contribution in [0.1, 0.15) is 11.1 Å². The van der Waals surface area contributed by atoms with Gasteiger partial charge in [0.1, 0.15) is 11.5 Å². The fraction of sp³-hybridized carbons (Fsp3) is 0.250. The number of nitrogens with one attached hydrogen (secondary N) is 1. The highest BCUT2D eigenvalue weighted by molar-refractivity contribution is 9.10. The van der Waals surface area contributed by atoms with Gasteiger partial charge in [-0.1, -0.05) is 39.7 Å². The molecule has 2 aromatic rings. The third-order valence-electron chi connectivity index (χ3n) is 3.19. The van der Waals surface area contributed by atoms with Gasteiger partial charge in [-0.25, -0.2) is 0 Å². The number of aryl methyl sites for hydroxylation is 1. The zero-order valence-corrected chi connectivity index (χ0v) is 14.5. The predicted molar refractivity (Wildman–Crippen MR) is 90.8 cm³/mol. The summed E-state index contributed by atoms with van der Waals surface area (Å²) in [6.07, 6.45) is 0. The molecule has 5 heteroatoms. The number of hydrogen-bond donors (Lipinski definition) is 1. The highest BCUT2D eigenvalue weighted by Gasteiger charge is 2.09. The summed E-state index contributed by atoms with van der Waals surface area (Å²) in [4.78, 5) is 0. The summed E-state index contributed by atoms with van der Waals surface area (Å²) in [6.45, 7) is 2.74. The van der Waals surface area contributed by atoms with Crippen LogP contribution in [0.2, 0.25) is 5.02 Å². The van der Waals surface area contributed by atoms with Gasteiger partial charge in [-0.2, -0.15) is 0 Å². The summed E-state index contributed by atoms with van der Waals surface area (Å²) in [5, 5.41) is 3.88. The Morgan fingerprint density at radius 2 is 1.81 bits per heavy atom. The Morgan fingerprint density at radius 1 is 1.10 bits per heavy atom. The van der Waals surface area contributed by atoms with E-state index >= 15 is 0 Å². The average Bonchev–Trinajstić information content (AvgIpc) is 2.48. The van der Waals surface area contributed by atoms with Gasteiger partial charge in [0.2, 0.25) is 0 Å². The topological polar surface area (TPSA) is 30.5 Å². The number of benzene rings is 2. The van der Waals surface area contributed by atoms with Gasteiger partial charge >= 0.3 is 0 Å². The predicted octanol–water partition coefficient (Wildman–Crippen LogP) is 5.04. The zero-order chi connectivity index (χ0) is 15.4. The van der Waals surface area contributed by atoms with Crippen molar-refractivity contribution in [3.05, 3.63) is 51.0 Å². The third kappa shape index (κ3) is 3.83. The van der Waals surface area contributed by atoms with Crippen molar-refractivity contribution in [2.24, 2.45) is 0 Å². The van der Waals surface area contributed by atoms with Gasteiger partial charge in [0.05, 0.1) is 24.9 Å². The second-order valence-corrected chi connectivity index (χ2v) is 5.89. The van der Waals surface area contributed by atoms with Crippen molar-refractivity contribution in [3.8, 4) is 11.5 Å². The van der Waals surface area contributed by atoms with Crippen LogP contribution in [-0.4, -0.2) is 14.2 Å². The van der Waals surface area contributed by atoms with Gasteiger partial charge in [0, 0.05) is 17.1 Å². The van der Waals surface area contributed by atoms with Gasteiger partial charge in [0.15, 0.2) is 0 Å². The first-order chi connectivity index (χ1) is 10.0. The fourth-order valence-electron chi connectivity index (χ4n) is 1.94. The second kappa shape index (κ2) is 7.05. The SMILES string of the molecule is COc1cc(OC)c(NCc2ccc(C)c(Br)c2)cc1Cl. The molecule has 0 spiro atoms. The number of methoxy groups -OCH3 is 2. The molecule has 21 heavy (non-hydrogen) atoms. The van der Waals surface area contributed by atoms with Gasteiger partial charge in [-0.3, -0.25) is 0 Å². The van der Waals surface area contributed by atoms with Crippen LogP contribution in [0.5, 0.6) is 11.5 Å². The van der Waals surface area contributed by atoms with Crippen LogP contribution in [0, 0.1) is 6.92 Å². The summed E-state index contributed by atoms with van der Waals surface area (Å²) in [7, 11) is 3.20. The smallest absolute Gasteiger partial charge is 0.145 e. The minimum absolute atomic E-state index is 0.547. The Bertz CT molecular complexity index is 646. The average molecular weight is 371 g/mol. The van der Waals surface area contributed by atoms with Crippen LogP contribution in [0.3, 0.4) is 0 Å². The highest BCUT2D eigenvalue weighted by atomic mass is 79.9. The largest absolute Gasteiger partial charge is 0.495 e. The summed E-state index contributed by atoms with van der Waals surface area (Å²) in [5.74, 6) is 1.29. The Hall–Kier alpha value is -1.39. The van der Waals surface area contributed by atoms with E-state index < -0.39 is 0 Å². The normalized spacial score (nSPS) is 10.3. The van der Waals surface area contributed by atoms with Crippen LogP contribution in [0.25, 0.3) is 0 Å². The van der Waals surface area contributed by atoms with Crippen molar-refractivity contribution < 1.29 is 9.47 Å². The number of hydrogen-bond acceptors (Lipinski definition) is 3. The Balaban J connectivity index is 2.19. The van der Waals surface area contributed by atoms with Crippen LogP contribution in [0.4, 0.5) is 5.69 Å². The van der Waals surface area contributed by atoms with E-state index in [1.54, 1.807) is 20.3 Å². The molecule has 0 aliphatic carbocycles. The first-order valence-corrected chi connectivity index (χ1v) is 7.62. The lowest BCUT2D eigenvalue weighted by atomic mass is 10.1. The van der Waals surface area contributed by atoms with Gasteiger partial charge in [-0.05, 0) is 30.2 Å². The molecule has 0 fully saturated rings. The molecule has 112 valence electrons. The molecule has 0 aliphatic heterocycles. The maximum absolute atomic E-state index is 6.16. The molecular formula is C16H17BrClNO2. The van der Waals surface area contributed by atoms with E-state index in [-0.39, 0.29) is 0 Å². The van der Waals surface area contributed by atoms with Gasteiger partial charge < -0.3 is 14.8 Å². The van der Waals surface area contributed by atoms with Crippen LogP contribution in [-0.2, 0) is 6.54 Å². The van der Waals surface area contributed by atoms with Crippen LogP contribution >= 0.6 is 27.5 Å². The summed E-state index contributed by atoms with van der Waals surface area (Å²) < 4.78 is 11.7. The standard InChI is InChI=1S/C16H17BrClNO2/c1-10-4-5-11(6-12(10)17)9-19-14-7-13(18)15(20-2)8-16(14)21-3/h4-8,19H,9H2,1-3H3. The van der Waals surface area contributed by atoms with Gasteiger partial charge in [0.25, 0.3) is 0 Å². The zero-order valence-electron chi connectivity index (χ0n) is 12.2. The molecular weight excluding hydrogens is 354 g/mol. The van der Waals surface area contributed by atoms with Crippen LogP contribution < -0.4 is 14.8 Å². The lowest BCUT2D eigenvalue weighted by Gasteiger charge is -2.14. The van der Waals surface area contributed by atoms with E-state index in [1.165, 1.54) is 11.1 Å². The Morgan fingerprint density at radius 3 is 2.43 bits per heavy atom. The van der Waals surface area contributed by atoms with Crippen molar-refractivity contribution >= 4 is 33.2 Å². The number of anilines is 1. The van der Waals surface area contributed by atoms with E-state index in [1.807, 2.05) is 6.07 Å². The van der Waals surface area contributed by atoms with Crippen molar-refractivity contribution in [2.45, 2.75) is 13.5 Å². The molecule has 0 unspecified atom stereocenters. The first kappa shape index (κ1) is 16.0. The number of ether oxygens (including phenoxy) is 2. The maximum Gasteiger partial charge on any atom is 0.145 e. The highest BCUT2D eigenvalue weighted by Crippen LogP contribution is 2.36. The van der Waals surface area contributed by atoms with E-state index in [0.717, 1.165) is 10.2 Å². The van der Waals surface area contributed by atoms with E-state index in [2.05, 4.69) is 46.4 Å². The molecule has 3 nitrogen and oxygen atoms in total. The molecule has 0 saturated heterocycles. The van der Waals surface area contributed by atoms with Gasteiger partial charge in [-0.15, -0.1) is 0 Å². The van der Waals surface area contributed by atoms with E-state index in [0.29, 0.717) is 23.1 Å². The van der Waals surface area contributed by atoms with Crippen LogP contribution in [0.15, 0.2) is 34.8 Å². The Labute approximate surface area is 138 Å². The minimum atomic E-state index is 0.547. The second-order valence-electron chi connectivity index (χ2n) is 4.62. The van der Waals surface area contributed by atoms with Crippen molar-refractivity contribution in [3.63, 3.8) is 0 Å². The maximum atomic E-state index is 6.16. The van der Waals surface area contributed by atoms with E-state index in [4.69, 9.17) is 21.1 Å². The molecule has 2 rings (SSSR count). The molecule has 0 atom stereocenters. The lowest BCUT2D eigenvalue weighted by Crippen LogP contribution is -2.02. The molecule has 0 saturated carbocycles. The molecule has 2 aromatic carbocycles. The summed E-state index contributed by atoms with van der Waals surface area (Å²) in [6, 6.07) is 9.85. The molecule has 0 amide bonds. The van der Waals surface area contributed by atoms with E-state index in [9.17, 15) is 0 Å². The van der Waals surface area contributed by atoms with Crippen molar-refractivity contribution in [1.82, 2.24) is 0 Å². The number of halogens is 2. The monoisotopic (exact) mass is 369 g/mol. The van der Waals surface area contributed by atoms with Crippen molar-refractivity contribution in [2.75, 3.05) is 19.5 Å². The third-order valence-corrected chi connectivity index (χ3v) is 4.34. The molecule has 0 heterocycles. The lowest BCUT2D eigenvalue weighted by molar-refractivity contribution is 0.395. The van der Waals surface area contributed by atoms with Crippen molar-refractivity contribution in [1.29, 1.82) is 0 Å². The quantitative estimate of drug-likeness (QED) is 0.800. The number of rotatable bonds is 5.